The highest BCUT2D eigenvalue weighted by Crippen LogP contribution is 2.31. The van der Waals surface area contributed by atoms with E-state index in [0.717, 1.165) is 28.4 Å². The predicted octanol–water partition coefficient (Wildman–Crippen LogP) is 4.91. The Balaban J connectivity index is 1.32. The van der Waals surface area contributed by atoms with Gasteiger partial charge in [0.2, 0.25) is 11.8 Å². The maximum absolute atomic E-state index is 12.8. The first-order valence-corrected chi connectivity index (χ1v) is 12.9. The molecule has 0 saturated carbocycles. The molecule has 172 valence electrons. The largest absolute Gasteiger partial charge is 0.324 e. The number of carbonyl (C=O) groups excluding carboxylic acids is 2. The minimum Gasteiger partial charge on any atom is -0.324 e. The molecule has 0 aliphatic carbocycles. The van der Waals surface area contributed by atoms with Crippen LogP contribution in [0.25, 0.3) is 10.7 Å². The number of nitrogens with zero attached hydrogens (tertiary/aromatic N) is 4. The van der Waals surface area contributed by atoms with Gasteiger partial charge in [0.15, 0.2) is 11.0 Å². The number of thioether (sulfide) groups is 1. The van der Waals surface area contributed by atoms with E-state index in [9.17, 15) is 9.59 Å². The molecule has 7 nitrogen and oxygen atoms in total. The van der Waals surface area contributed by atoms with Crippen LogP contribution in [0.2, 0.25) is 0 Å². The molecular weight excluding hydrogens is 466 g/mol. The van der Waals surface area contributed by atoms with Crippen LogP contribution in [0.3, 0.4) is 0 Å². The second-order valence-corrected chi connectivity index (χ2v) is 9.75. The molecule has 0 unspecified atom stereocenters. The molecule has 34 heavy (non-hydrogen) atoms. The lowest BCUT2D eigenvalue weighted by Crippen LogP contribution is -2.26. The highest BCUT2D eigenvalue weighted by molar-refractivity contribution is 7.99. The molecule has 1 fully saturated rings. The fraction of sp³-hybridized carbons (Fsp3) is 0.200. The normalized spacial score (nSPS) is 13.4. The zero-order valence-corrected chi connectivity index (χ0v) is 20.0. The van der Waals surface area contributed by atoms with Crippen molar-refractivity contribution in [2.45, 2.75) is 24.5 Å². The Bertz CT molecular complexity index is 1290. The van der Waals surface area contributed by atoms with Crippen molar-refractivity contribution in [3.63, 3.8) is 0 Å². The fourth-order valence-corrected chi connectivity index (χ4v) is 5.38. The number of hydrogen-bond donors (Lipinski definition) is 1. The van der Waals surface area contributed by atoms with Crippen molar-refractivity contribution in [3.8, 4) is 10.7 Å². The van der Waals surface area contributed by atoms with E-state index in [2.05, 4.69) is 32.2 Å². The number of benzene rings is 2. The number of carbonyl (C=O) groups is 2. The molecule has 2 aromatic heterocycles. The van der Waals surface area contributed by atoms with E-state index in [1.54, 1.807) is 16.2 Å². The minimum atomic E-state index is -0.156. The highest BCUT2D eigenvalue weighted by Gasteiger charge is 2.24. The van der Waals surface area contributed by atoms with Crippen molar-refractivity contribution < 1.29 is 9.59 Å². The van der Waals surface area contributed by atoms with Crippen molar-refractivity contribution in [1.29, 1.82) is 0 Å². The zero-order valence-electron chi connectivity index (χ0n) is 18.4. The third-order valence-electron chi connectivity index (χ3n) is 5.52. The number of hydrogen-bond acceptors (Lipinski definition) is 6. The molecule has 3 heterocycles. The average Bonchev–Trinajstić information content (AvgIpc) is 3.61. The molecule has 0 bridgehead atoms. The molecule has 0 atom stereocenters. The molecule has 1 N–H and O–H groups in total. The van der Waals surface area contributed by atoms with E-state index in [1.165, 1.54) is 11.8 Å². The summed E-state index contributed by atoms with van der Waals surface area (Å²) >= 11 is 2.96. The lowest BCUT2D eigenvalue weighted by atomic mass is 10.2. The monoisotopic (exact) mass is 489 g/mol. The van der Waals surface area contributed by atoms with Crippen LogP contribution in [-0.4, -0.2) is 38.9 Å². The lowest BCUT2D eigenvalue weighted by Gasteiger charge is -2.19. The van der Waals surface area contributed by atoms with Gasteiger partial charge in [0.25, 0.3) is 0 Å². The summed E-state index contributed by atoms with van der Waals surface area (Å²) in [5, 5.41) is 14.5. The van der Waals surface area contributed by atoms with E-state index in [1.807, 2.05) is 60.0 Å². The van der Waals surface area contributed by atoms with Gasteiger partial charge >= 0.3 is 0 Å². The Morgan fingerprint density at radius 3 is 2.62 bits per heavy atom. The van der Waals surface area contributed by atoms with Gasteiger partial charge in [-0.2, -0.15) is 0 Å². The van der Waals surface area contributed by atoms with Gasteiger partial charge in [-0.05, 0) is 35.6 Å². The van der Waals surface area contributed by atoms with E-state index < -0.39 is 0 Å². The van der Waals surface area contributed by atoms with Crippen LogP contribution < -0.4 is 10.2 Å². The SMILES string of the molecule is O=C(CSc1nnc(-c2cccs2)n1Cc1ccccc1)Nc1ccccc1N1CCCC1=O. The maximum atomic E-state index is 12.8. The Hall–Kier alpha value is -3.43. The highest BCUT2D eigenvalue weighted by atomic mass is 32.2. The molecular formula is C25H23N5O2S2. The summed E-state index contributed by atoms with van der Waals surface area (Å²) < 4.78 is 2.05. The summed E-state index contributed by atoms with van der Waals surface area (Å²) in [5.74, 6) is 0.904. The van der Waals surface area contributed by atoms with Gasteiger partial charge in [-0.15, -0.1) is 21.5 Å². The molecule has 4 aromatic rings. The van der Waals surface area contributed by atoms with Crippen molar-refractivity contribution in [1.82, 2.24) is 14.8 Å². The van der Waals surface area contributed by atoms with Crippen LogP contribution >= 0.6 is 23.1 Å². The standard InChI is InChI=1S/C25H23N5O2S2/c31-22(26-19-10-4-5-11-20(19)29-14-6-13-23(29)32)17-34-25-28-27-24(21-12-7-15-33-21)30(25)16-18-8-2-1-3-9-18/h1-5,7-12,15H,6,13-14,16-17H2,(H,26,31). The van der Waals surface area contributed by atoms with Crippen LogP contribution in [0.4, 0.5) is 11.4 Å². The molecule has 1 saturated heterocycles. The molecule has 0 radical (unpaired) electrons. The smallest absolute Gasteiger partial charge is 0.234 e. The van der Waals surface area contributed by atoms with Gasteiger partial charge in [-0.3, -0.25) is 14.2 Å². The van der Waals surface area contributed by atoms with Crippen molar-refractivity contribution in [2.75, 3.05) is 22.5 Å². The van der Waals surface area contributed by atoms with E-state index in [0.29, 0.717) is 30.4 Å². The topological polar surface area (TPSA) is 80.1 Å². The van der Waals surface area contributed by atoms with Crippen LogP contribution in [0.1, 0.15) is 18.4 Å². The maximum Gasteiger partial charge on any atom is 0.234 e. The molecule has 2 amide bonds. The summed E-state index contributed by atoms with van der Waals surface area (Å²) in [6.45, 7) is 1.29. The van der Waals surface area contributed by atoms with Gasteiger partial charge in [0, 0.05) is 13.0 Å². The van der Waals surface area contributed by atoms with Gasteiger partial charge in [-0.25, -0.2) is 0 Å². The lowest BCUT2D eigenvalue weighted by molar-refractivity contribution is -0.117. The number of nitrogens with one attached hydrogen (secondary N) is 1. The number of rotatable bonds is 8. The van der Waals surface area contributed by atoms with Gasteiger partial charge in [0.1, 0.15) is 0 Å². The summed E-state index contributed by atoms with van der Waals surface area (Å²) in [5.41, 5.74) is 2.53. The molecule has 5 rings (SSSR count). The first-order valence-electron chi connectivity index (χ1n) is 11.0. The van der Waals surface area contributed by atoms with Crippen LogP contribution in [-0.2, 0) is 16.1 Å². The van der Waals surface area contributed by atoms with Gasteiger partial charge in [-0.1, -0.05) is 60.3 Å². The molecule has 1 aliphatic rings. The zero-order chi connectivity index (χ0) is 23.3. The van der Waals surface area contributed by atoms with Gasteiger partial charge in [0.05, 0.1) is 28.5 Å². The molecule has 0 spiro atoms. The number of anilines is 2. The summed E-state index contributed by atoms with van der Waals surface area (Å²) in [6, 6.07) is 21.6. The van der Waals surface area contributed by atoms with Crippen LogP contribution in [0, 0.1) is 0 Å². The minimum absolute atomic E-state index is 0.0891. The number of para-hydroxylation sites is 2. The second kappa shape index (κ2) is 10.2. The molecule has 9 heteroatoms. The Morgan fingerprint density at radius 1 is 1.03 bits per heavy atom. The number of amides is 2. The van der Waals surface area contributed by atoms with Crippen molar-refractivity contribution >= 4 is 46.3 Å². The van der Waals surface area contributed by atoms with E-state index in [-0.39, 0.29) is 17.6 Å². The fourth-order valence-electron chi connectivity index (χ4n) is 3.93. The summed E-state index contributed by atoms with van der Waals surface area (Å²) in [4.78, 5) is 27.8. The second-order valence-electron chi connectivity index (χ2n) is 7.86. The van der Waals surface area contributed by atoms with E-state index in [4.69, 9.17) is 0 Å². The Labute approximate surface area is 205 Å². The van der Waals surface area contributed by atoms with Crippen LogP contribution in [0.5, 0.6) is 0 Å². The summed E-state index contributed by atoms with van der Waals surface area (Å²) in [6.07, 6.45) is 1.38. The average molecular weight is 490 g/mol. The van der Waals surface area contributed by atoms with Crippen LogP contribution in [0.15, 0.2) is 77.3 Å². The first-order chi connectivity index (χ1) is 16.7. The van der Waals surface area contributed by atoms with Crippen molar-refractivity contribution in [2.24, 2.45) is 0 Å². The quantitative estimate of drug-likeness (QED) is 0.356. The number of thiophene rings is 1. The Kier molecular flexibility index (Phi) is 6.73. The Morgan fingerprint density at radius 2 is 1.85 bits per heavy atom. The van der Waals surface area contributed by atoms with Crippen molar-refractivity contribution in [3.05, 3.63) is 77.7 Å². The third-order valence-corrected chi connectivity index (χ3v) is 7.35. The summed E-state index contributed by atoms with van der Waals surface area (Å²) in [7, 11) is 0. The molecule has 1 aliphatic heterocycles. The van der Waals surface area contributed by atoms with E-state index >= 15 is 0 Å². The predicted molar refractivity (Wildman–Crippen MR) is 136 cm³/mol. The first kappa shape index (κ1) is 22.4. The molecule has 2 aromatic carbocycles. The van der Waals surface area contributed by atoms with Gasteiger partial charge < -0.3 is 10.2 Å². The number of aromatic nitrogens is 3. The third kappa shape index (κ3) is 4.90.